The summed E-state index contributed by atoms with van der Waals surface area (Å²) in [6.07, 6.45) is -14.1. The number of rotatable bonds is 7. The van der Waals surface area contributed by atoms with Gasteiger partial charge in [-0.2, -0.15) is 0 Å². The van der Waals surface area contributed by atoms with Crippen molar-refractivity contribution in [1.82, 2.24) is 0 Å². The smallest absolute Gasteiger partial charge is 0.186 e. The molecule has 2 rings (SSSR count). The highest BCUT2D eigenvalue weighted by Crippen LogP contribution is 2.23. The van der Waals surface area contributed by atoms with Crippen LogP contribution in [0.5, 0.6) is 0 Å². The van der Waals surface area contributed by atoms with Crippen molar-refractivity contribution < 1.29 is 59.8 Å². The fourth-order valence-electron chi connectivity index (χ4n) is 2.74. The predicted molar refractivity (Wildman–Crippen MR) is 79.4 cm³/mol. The molecule has 2 aliphatic rings. The molecule has 0 radical (unpaired) electrons. The minimum atomic E-state index is -1.57. The van der Waals surface area contributed by atoms with Crippen molar-refractivity contribution in [2.24, 2.45) is 0 Å². The minimum Gasteiger partial charge on any atom is -0.394 e. The van der Waals surface area contributed by atoms with Gasteiger partial charge in [0.1, 0.15) is 48.8 Å². The van der Waals surface area contributed by atoms with E-state index in [2.05, 4.69) is 0 Å². The Bertz CT molecular complexity index is 383. The molecule has 0 saturated carbocycles. The predicted octanol–water partition coefficient (Wildman–Crippen LogP) is -5.38. The van der Waals surface area contributed by atoms with Gasteiger partial charge in [-0.05, 0) is 0 Å². The van der Waals surface area contributed by atoms with Crippen molar-refractivity contribution in [1.29, 1.82) is 0 Å². The van der Waals surface area contributed by atoms with E-state index in [1.54, 1.807) is 0 Å². The van der Waals surface area contributed by atoms with Gasteiger partial charge in [-0.25, -0.2) is 0 Å². The van der Waals surface area contributed by atoms with Gasteiger partial charge in [-0.1, -0.05) is 0 Å². The monoisotopic (exact) mass is 386 g/mol. The summed E-state index contributed by atoms with van der Waals surface area (Å²) in [5, 5.41) is 76.4. The summed E-state index contributed by atoms with van der Waals surface area (Å²) in [5.74, 6) is 0. The Kier molecular flexibility index (Phi) is 8.08. The molecule has 2 fully saturated rings. The molecule has 8 N–H and O–H groups in total. The van der Waals surface area contributed by atoms with Gasteiger partial charge in [0, 0.05) is 0 Å². The van der Waals surface area contributed by atoms with Crippen LogP contribution in [0.1, 0.15) is 0 Å². The normalized spacial score (nSPS) is 47.1. The van der Waals surface area contributed by atoms with E-state index in [0.717, 1.165) is 0 Å². The molecule has 154 valence electrons. The molecule has 10 atom stereocenters. The van der Waals surface area contributed by atoms with E-state index in [-0.39, 0.29) is 13.2 Å². The van der Waals surface area contributed by atoms with Gasteiger partial charge < -0.3 is 59.8 Å². The quantitative estimate of drug-likeness (QED) is 0.194. The third kappa shape index (κ3) is 4.67. The lowest BCUT2D eigenvalue weighted by Crippen LogP contribution is -2.59. The van der Waals surface area contributed by atoms with Crippen molar-refractivity contribution >= 4 is 0 Å². The molecule has 0 aromatic rings. The zero-order valence-corrected chi connectivity index (χ0v) is 13.8. The zero-order chi connectivity index (χ0) is 19.4. The van der Waals surface area contributed by atoms with Gasteiger partial charge in [-0.3, -0.25) is 0 Å². The lowest BCUT2D eigenvalue weighted by Gasteiger charge is -2.40. The van der Waals surface area contributed by atoms with Gasteiger partial charge in [0.2, 0.25) is 0 Å². The summed E-state index contributed by atoms with van der Waals surface area (Å²) >= 11 is 0. The van der Waals surface area contributed by atoms with Crippen LogP contribution in [0, 0.1) is 0 Å². The first-order valence-corrected chi connectivity index (χ1v) is 8.16. The van der Waals surface area contributed by atoms with E-state index in [1.165, 1.54) is 0 Å². The Morgan fingerprint density at radius 1 is 0.538 bits per heavy atom. The summed E-state index contributed by atoms with van der Waals surface area (Å²) in [7, 11) is 0. The maximum absolute atomic E-state index is 9.81. The van der Waals surface area contributed by atoms with Crippen LogP contribution in [0.3, 0.4) is 0 Å². The molecule has 0 bridgehead atoms. The average molecular weight is 386 g/mol. The summed E-state index contributed by atoms with van der Waals surface area (Å²) in [4.78, 5) is 0. The molecule has 0 aromatic carbocycles. The summed E-state index contributed by atoms with van der Waals surface area (Å²) in [6, 6.07) is 0. The van der Waals surface area contributed by atoms with Crippen LogP contribution >= 0.6 is 0 Å². The maximum atomic E-state index is 9.81. The third-order valence-corrected chi connectivity index (χ3v) is 4.34. The van der Waals surface area contributed by atoms with Crippen molar-refractivity contribution in [2.45, 2.75) is 61.4 Å². The molecule has 2 aliphatic heterocycles. The molecule has 0 aliphatic carbocycles. The van der Waals surface area contributed by atoms with Gasteiger partial charge in [-0.15, -0.1) is 0 Å². The Morgan fingerprint density at radius 3 is 1.19 bits per heavy atom. The van der Waals surface area contributed by atoms with E-state index >= 15 is 0 Å². The van der Waals surface area contributed by atoms with Crippen molar-refractivity contribution in [3.05, 3.63) is 0 Å². The van der Waals surface area contributed by atoms with Gasteiger partial charge in [0.25, 0.3) is 0 Å². The van der Waals surface area contributed by atoms with Crippen LogP contribution in [-0.2, 0) is 18.9 Å². The Labute approximate surface area is 148 Å². The van der Waals surface area contributed by atoms with Gasteiger partial charge in [0.15, 0.2) is 12.6 Å². The second-order valence-corrected chi connectivity index (χ2v) is 6.14. The largest absolute Gasteiger partial charge is 0.394 e. The molecule has 2 saturated heterocycles. The lowest BCUT2D eigenvalue weighted by atomic mass is 9.99. The topological polar surface area (TPSA) is 199 Å². The number of hydrogen-bond donors (Lipinski definition) is 8. The van der Waals surface area contributed by atoms with Crippen LogP contribution in [-0.4, -0.2) is 129 Å². The molecule has 0 unspecified atom stereocenters. The lowest BCUT2D eigenvalue weighted by molar-refractivity contribution is -0.317. The Morgan fingerprint density at radius 2 is 0.885 bits per heavy atom. The Balaban J connectivity index is 1.79. The van der Waals surface area contributed by atoms with Crippen molar-refractivity contribution in [3.8, 4) is 0 Å². The second kappa shape index (κ2) is 9.64. The highest BCUT2D eigenvalue weighted by Gasteiger charge is 2.45. The summed E-state index contributed by atoms with van der Waals surface area (Å²) in [6.45, 7) is -1.58. The molecule has 26 heavy (non-hydrogen) atoms. The molecule has 0 aromatic heterocycles. The van der Waals surface area contributed by atoms with Crippen LogP contribution in [0.4, 0.5) is 0 Å². The molecule has 12 heteroatoms. The molecule has 2 heterocycles. The minimum absolute atomic E-state index is 0.197. The molecule has 12 nitrogen and oxygen atoms in total. The zero-order valence-electron chi connectivity index (χ0n) is 13.8. The highest BCUT2D eigenvalue weighted by molar-refractivity contribution is 4.89. The fourth-order valence-corrected chi connectivity index (χ4v) is 2.74. The van der Waals surface area contributed by atoms with Crippen LogP contribution in [0.25, 0.3) is 0 Å². The first kappa shape index (κ1) is 21.8. The molecule has 0 amide bonds. The second-order valence-electron chi connectivity index (χ2n) is 6.14. The summed E-state index contributed by atoms with van der Waals surface area (Å²) in [5.41, 5.74) is 0. The molecular formula is C14H26O12. The maximum Gasteiger partial charge on any atom is 0.186 e. The third-order valence-electron chi connectivity index (χ3n) is 4.34. The first-order valence-electron chi connectivity index (χ1n) is 8.16. The van der Waals surface area contributed by atoms with E-state index in [9.17, 15) is 30.6 Å². The number of hydrogen-bond acceptors (Lipinski definition) is 12. The van der Waals surface area contributed by atoms with Gasteiger partial charge >= 0.3 is 0 Å². The number of aliphatic hydroxyl groups excluding tert-OH is 8. The van der Waals surface area contributed by atoms with Crippen LogP contribution < -0.4 is 0 Å². The van der Waals surface area contributed by atoms with Crippen LogP contribution in [0.2, 0.25) is 0 Å². The Hall–Kier alpha value is -0.480. The van der Waals surface area contributed by atoms with Crippen LogP contribution in [0.15, 0.2) is 0 Å². The highest BCUT2D eigenvalue weighted by atomic mass is 16.7. The standard InChI is InChI=1S/C14H26O12/c15-3-5-7(17)9(19)11(21)13(25-5)23-1-2-24-14-12(22)10(20)8(18)6(4-16)26-14/h5-22H,1-4H2/t5-,6-,7-,8-,9+,10+,11-,12-,13+,14+/m1/s1. The number of aliphatic hydroxyl groups is 8. The van der Waals surface area contributed by atoms with Gasteiger partial charge in [0.05, 0.1) is 26.4 Å². The summed E-state index contributed by atoms with van der Waals surface area (Å²) < 4.78 is 20.7. The fraction of sp³-hybridized carbons (Fsp3) is 1.00. The van der Waals surface area contributed by atoms with Crippen molar-refractivity contribution in [2.75, 3.05) is 26.4 Å². The number of ether oxygens (including phenoxy) is 4. The van der Waals surface area contributed by atoms with E-state index < -0.39 is 74.6 Å². The molecular weight excluding hydrogens is 360 g/mol. The van der Waals surface area contributed by atoms with E-state index in [4.69, 9.17) is 29.2 Å². The SMILES string of the molecule is OC[C@H]1O[C@H](OCCO[C@H]2O[C@H](CO)[C@@H](O)[C@H](O)[C@H]2O)[C@H](O)[C@@H](O)[C@@H]1O. The molecule has 0 spiro atoms. The average Bonchev–Trinajstić information content (AvgIpc) is 2.64. The van der Waals surface area contributed by atoms with E-state index in [1.807, 2.05) is 0 Å². The first-order chi connectivity index (χ1) is 12.3. The van der Waals surface area contributed by atoms with E-state index in [0.29, 0.717) is 0 Å². The van der Waals surface area contributed by atoms with Crippen molar-refractivity contribution in [3.63, 3.8) is 0 Å².